The summed E-state index contributed by atoms with van der Waals surface area (Å²) in [5, 5.41) is 0. The van der Waals surface area contributed by atoms with E-state index in [9.17, 15) is 19.0 Å². The van der Waals surface area contributed by atoms with Gasteiger partial charge in [0, 0.05) is 19.4 Å². The van der Waals surface area contributed by atoms with Crippen LogP contribution in [-0.2, 0) is 37.4 Å². The molecule has 1 aliphatic rings. The van der Waals surface area contributed by atoms with Gasteiger partial charge >= 0.3 is 19.8 Å². The lowest BCUT2D eigenvalue weighted by Crippen LogP contribution is -2.29. The Labute approximate surface area is 317 Å². The van der Waals surface area contributed by atoms with Crippen molar-refractivity contribution in [2.75, 3.05) is 26.4 Å². The van der Waals surface area contributed by atoms with Crippen molar-refractivity contribution in [1.82, 2.24) is 0 Å². The normalized spacial score (nSPS) is 17.5. The molecule has 3 unspecified atom stereocenters. The Bertz CT molecular complexity index is 976. The third-order valence-electron chi connectivity index (χ3n) is 9.23. The first-order valence-corrected chi connectivity index (χ1v) is 22.4. The first-order chi connectivity index (χ1) is 25.3. The number of ether oxygens (including phenoxy) is 3. The molecule has 0 aliphatic carbocycles. The summed E-state index contributed by atoms with van der Waals surface area (Å²) in [6, 6.07) is 0. The number of carbonyl (C=O) groups excluding carboxylic acids is 2. The lowest BCUT2D eigenvalue weighted by molar-refractivity contribution is -0.161. The predicted molar refractivity (Wildman–Crippen MR) is 210 cm³/mol. The van der Waals surface area contributed by atoms with Crippen LogP contribution < -0.4 is 5.73 Å². The van der Waals surface area contributed by atoms with Crippen molar-refractivity contribution >= 4 is 19.8 Å². The number of allylic oxidation sites excluding steroid dienone is 3. The number of nitrogens with two attached hydrogens (primary N) is 1. The molecule has 0 spiro atoms. The van der Waals surface area contributed by atoms with Gasteiger partial charge in [-0.1, -0.05) is 128 Å². The van der Waals surface area contributed by atoms with Gasteiger partial charge in [-0.3, -0.25) is 18.6 Å². The fourth-order valence-corrected chi connectivity index (χ4v) is 6.75. The fraction of sp³-hybridized carbons (Fsp3) is 0.854. The number of unbranched alkanes of at least 4 members (excludes halogenated alkanes) is 18. The summed E-state index contributed by atoms with van der Waals surface area (Å²) in [6.45, 7) is 3.66. The van der Waals surface area contributed by atoms with Crippen LogP contribution in [0, 0.1) is 0 Å². The number of carbonyl (C=O) groups is 2. The van der Waals surface area contributed by atoms with Crippen LogP contribution in [0.1, 0.15) is 181 Å². The van der Waals surface area contributed by atoms with Crippen LogP contribution >= 0.6 is 7.82 Å². The lowest BCUT2D eigenvalue weighted by atomic mass is 10.1. The van der Waals surface area contributed by atoms with Crippen molar-refractivity contribution in [1.29, 1.82) is 0 Å². The molecule has 3 N–H and O–H groups in total. The van der Waals surface area contributed by atoms with Crippen molar-refractivity contribution in [3.05, 3.63) is 24.3 Å². The highest BCUT2D eigenvalue weighted by Gasteiger charge is 2.36. The van der Waals surface area contributed by atoms with Gasteiger partial charge in [0.1, 0.15) is 6.61 Å². The molecule has 4 atom stereocenters. The highest BCUT2D eigenvalue weighted by Crippen LogP contribution is 2.43. The average Bonchev–Trinajstić information content (AvgIpc) is 3.88. The van der Waals surface area contributed by atoms with E-state index in [0.29, 0.717) is 18.6 Å². The molecular formula is C41H76NO9P. The largest absolute Gasteiger partial charge is 0.472 e. The SMILES string of the molecule is CCCCCCCC/C=C\CCCCCCCC(=O)OC[C@H](COP(=O)(O)OCCN)OC(=O)CCCCCCC/C=C\CC1OC1CCCCC. The van der Waals surface area contributed by atoms with E-state index in [1.807, 2.05) is 0 Å². The summed E-state index contributed by atoms with van der Waals surface area (Å²) in [5.41, 5.74) is 5.34. The highest BCUT2D eigenvalue weighted by atomic mass is 31.2. The molecule has 0 aromatic heterocycles. The molecule has 0 aromatic carbocycles. The minimum absolute atomic E-state index is 0.0481. The zero-order valence-corrected chi connectivity index (χ0v) is 33.9. The molecule has 52 heavy (non-hydrogen) atoms. The van der Waals surface area contributed by atoms with Gasteiger partial charge in [-0.25, -0.2) is 4.57 Å². The average molecular weight is 758 g/mol. The van der Waals surface area contributed by atoms with E-state index in [4.69, 9.17) is 29.0 Å². The smallest absolute Gasteiger partial charge is 0.462 e. The molecule has 0 amide bonds. The minimum atomic E-state index is -4.38. The van der Waals surface area contributed by atoms with Gasteiger partial charge < -0.3 is 24.8 Å². The Morgan fingerprint density at radius 1 is 0.673 bits per heavy atom. The standard InChI is InChI=1S/C41H76NO9P/c1-3-5-7-8-9-10-11-12-13-14-15-16-20-23-27-31-40(43)47-35-37(36-49-52(45,46)48-34-33-42)50-41(44)32-28-24-21-18-17-19-22-26-30-39-38(51-39)29-25-6-4-2/h12-13,22,26,37-39H,3-11,14-21,23-25,27-36,42H2,1-2H3,(H,45,46)/b13-12-,26-22-/t37-,38?,39?/m1/s1. The lowest BCUT2D eigenvalue weighted by Gasteiger charge is -2.19. The predicted octanol–water partition coefficient (Wildman–Crippen LogP) is 10.6. The topological polar surface area (TPSA) is 147 Å². The summed E-state index contributed by atoms with van der Waals surface area (Å²) < 4.78 is 38.5. The molecule has 0 aromatic rings. The minimum Gasteiger partial charge on any atom is -0.462 e. The molecule has 304 valence electrons. The van der Waals surface area contributed by atoms with Crippen molar-refractivity contribution in [2.45, 2.75) is 199 Å². The molecule has 1 rings (SSSR count). The number of hydrogen-bond donors (Lipinski definition) is 2. The van der Waals surface area contributed by atoms with E-state index >= 15 is 0 Å². The first kappa shape index (κ1) is 48.5. The van der Waals surface area contributed by atoms with Gasteiger partial charge in [-0.05, 0) is 64.2 Å². The number of esters is 2. The van der Waals surface area contributed by atoms with E-state index in [-0.39, 0.29) is 32.6 Å². The van der Waals surface area contributed by atoms with Gasteiger partial charge in [0.25, 0.3) is 0 Å². The maximum atomic E-state index is 12.6. The molecule has 1 aliphatic heterocycles. The van der Waals surface area contributed by atoms with Gasteiger partial charge in [-0.15, -0.1) is 0 Å². The van der Waals surface area contributed by atoms with Gasteiger partial charge in [0.2, 0.25) is 0 Å². The monoisotopic (exact) mass is 758 g/mol. The number of rotatable bonds is 38. The van der Waals surface area contributed by atoms with Crippen molar-refractivity contribution < 1.29 is 42.3 Å². The first-order valence-electron chi connectivity index (χ1n) is 20.9. The van der Waals surface area contributed by atoms with Crippen LogP contribution in [0.4, 0.5) is 0 Å². The number of phosphoric acid groups is 1. The quantitative estimate of drug-likeness (QED) is 0.0205. The van der Waals surface area contributed by atoms with Gasteiger partial charge in [0.05, 0.1) is 25.4 Å². The van der Waals surface area contributed by atoms with Crippen LogP contribution in [0.15, 0.2) is 24.3 Å². The number of hydrogen-bond acceptors (Lipinski definition) is 9. The molecular weight excluding hydrogens is 681 g/mol. The molecule has 1 heterocycles. The van der Waals surface area contributed by atoms with E-state index in [0.717, 1.165) is 77.0 Å². The molecule has 11 heteroatoms. The Hall–Kier alpha value is -1.55. The summed E-state index contributed by atoms with van der Waals surface area (Å²) >= 11 is 0. The Morgan fingerprint density at radius 3 is 1.79 bits per heavy atom. The Kier molecular flexibility index (Phi) is 31.7. The van der Waals surface area contributed by atoms with E-state index in [1.54, 1.807) is 0 Å². The van der Waals surface area contributed by atoms with Crippen molar-refractivity contribution in [3.63, 3.8) is 0 Å². The van der Waals surface area contributed by atoms with Crippen LogP contribution in [0.25, 0.3) is 0 Å². The highest BCUT2D eigenvalue weighted by molar-refractivity contribution is 7.47. The Balaban J connectivity index is 2.19. The third-order valence-corrected chi connectivity index (χ3v) is 10.2. The molecule has 10 nitrogen and oxygen atoms in total. The summed E-state index contributed by atoms with van der Waals surface area (Å²) in [5.74, 6) is -0.858. The third kappa shape index (κ3) is 30.9. The van der Waals surface area contributed by atoms with Crippen LogP contribution in [0.2, 0.25) is 0 Å². The molecule has 0 radical (unpaired) electrons. The zero-order valence-electron chi connectivity index (χ0n) is 33.0. The fourth-order valence-electron chi connectivity index (χ4n) is 5.99. The van der Waals surface area contributed by atoms with Gasteiger partial charge in [-0.2, -0.15) is 0 Å². The zero-order chi connectivity index (χ0) is 38.0. The second kappa shape index (κ2) is 34.0. The molecule has 1 fully saturated rings. The Morgan fingerprint density at radius 2 is 1.19 bits per heavy atom. The van der Waals surface area contributed by atoms with E-state index < -0.39 is 32.5 Å². The maximum Gasteiger partial charge on any atom is 0.472 e. The van der Waals surface area contributed by atoms with Crippen LogP contribution in [0.5, 0.6) is 0 Å². The summed E-state index contributed by atoms with van der Waals surface area (Å²) in [7, 11) is -4.38. The summed E-state index contributed by atoms with van der Waals surface area (Å²) in [4.78, 5) is 34.8. The molecule has 0 bridgehead atoms. The molecule has 0 saturated carbocycles. The number of epoxide rings is 1. The van der Waals surface area contributed by atoms with Crippen molar-refractivity contribution in [2.24, 2.45) is 5.73 Å². The molecule has 1 saturated heterocycles. The van der Waals surface area contributed by atoms with E-state index in [1.165, 1.54) is 70.6 Å². The van der Waals surface area contributed by atoms with Crippen LogP contribution in [0.3, 0.4) is 0 Å². The van der Waals surface area contributed by atoms with Crippen molar-refractivity contribution in [3.8, 4) is 0 Å². The van der Waals surface area contributed by atoms with Gasteiger partial charge in [0.15, 0.2) is 6.10 Å². The maximum absolute atomic E-state index is 12.6. The second-order valence-electron chi connectivity index (χ2n) is 14.2. The van der Waals surface area contributed by atoms with Crippen LogP contribution in [-0.4, -0.2) is 61.5 Å². The second-order valence-corrected chi connectivity index (χ2v) is 15.7. The number of phosphoric ester groups is 1. The summed E-state index contributed by atoms with van der Waals surface area (Å²) in [6.07, 6.45) is 36.6. The van der Waals surface area contributed by atoms with E-state index in [2.05, 4.69) is 38.2 Å².